The Bertz CT molecular complexity index is 571. The summed E-state index contributed by atoms with van der Waals surface area (Å²) >= 11 is 0. The number of ether oxygens (including phenoxy) is 1. The Kier molecular flexibility index (Phi) is 3.44. The molecule has 1 aliphatic carbocycles. The lowest BCUT2D eigenvalue weighted by molar-refractivity contribution is 0.0402. The number of hydrogen-bond donors (Lipinski definition) is 1. The first-order valence-electron chi connectivity index (χ1n) is 6.88. The van der Waals surface area contributed by atoms with Gasteiger partial charge >= 0.3 is 0 Å². The van der Waals surface area contributed by atoms with Crippen molar-refractivity contribution in [1.82, 2.24) is 10.1 Å². The number of benzene rings is 1. The van der Waals surface area contributed by atoms with Gasteiger partial charge < -0.3 is 14.4 Å². The van der Waals surface area contributed by atoms with Crippen LogP contribution >= 0.6 is 0 Å². The molecule has 0 spiro atoms. The van der Waals surface area contributed by atoms with E-state index in [9.17, 15) is 5.11 Å². The molecule has 20 heavy (non-hydrogen) atoms. The van der Waals surface area contributed by atoms with Crippen LogP contribution in [0.5, 0.6) is 5.75 Å². The molecule has 3 rings (SSSR count). The molecule has 1 heterocycles. The molecule has 0 bridgehead atoms. The van der Waals surface area contributed by atoms with Gasteiger partial charge in [0.15, 0.2) is 0 Å². The Hall–Kier alpha value is -1.88. The third kappa shape index (κ3) is 2.67. The van der Waals surface area contributed by atoms with E-state index in [0.29, 0.717) is 18.1 Å². The van der Waals surface area contributed by atoms with Crippen LogP contribution in [0.1, 0.15) is 31.6 Å². The molecule has 0 aliphatic heterocycles. The lowest BCUT2D eigenvalue weighted by Gasteiger charge is -2.18. The normalized spacial score (nSPS) is 17.3. The Morgan fingerprint density at radius 1 is 1.25 bits per heavy atom. The lowest BCUT2D eigenvalue weighted by Crippen LogP contribution is -2.27. The summed E-state index contributed by atoms with van der Waals surface area (Å²) in [5, 5.41) is 14.3. The molecular formula is C15H18N2O3. The van der Waals surface area contributed by atoms with Gasteiger partial charge in [-0.05, 0) is 37.1 Å². The van der Waals surface area contributed by atoms with E-state index in [1.807, 2.05) is 24.3 Å². The third-order valence-electron chi connectivity index (χ3n) is 3.83. The highest BCUT2D eigenvalue weighted by atomic mass is 16.5. The van der Waals surface area contributed by atoms with Crippen molar-refractivity contribution < 1.29 is 14.4 Å². The zero-order valence-corrected chi connectivity index (χ0v) is 11.5. The van der Waals surface area contributed by atoms with Crippen molar-refractivity contribution in [2.75, 3.05) is 7.11 Å². The summed E-state index contributed by atoms with van der Waals surface area (Å²) in [5.41, 5.74) is 0.211. The van der Waals surface area contributed by atoms with Gasteiger partial charge in [-0.1, -0.05) is 18.0 Å². The summed E-state index contributed by atoms with van der Waals surface area (Å²) in [6.45, 7) is 0. The summed E-state index contributed by atoms with van der Waals surface area (Å²) in [7, 11) is 1.63. The van der Waals surface area contributed by atoms with Gasteiger partial charge in [0.1, 0.15) is 5.75 Å². The molecule has 1 aliphatic rings. The van der Waals surface area contributed by atoms with Gasteiger partial charge in [-0.25, -0.2) is 0 Å². The van der Waals surface area contributed by atoms with Crippen molar-refractivity contribution in [3.63, 3.8) is 0 Å². The van der Waals surface area contributed by atoms with E-state index in [0.717, 1.165) is 37.0 Å². The van der Waals surface area contributed by atoms with E-state index in [-0.39, 0.29) is 0 Å². The van der Waals surface area contributed by atoms with E-state index in [1.165, 1.54) is 0 Å². The molecule has 0 saturated heterocycles. The van der Waals surface area contributed by atoms with Crippen LogP contribution in [0.25, 0.3) is 11.4 Å². The van der Waals surface area contributed by atoms with Crippen LogP contribution in [0.4, 0.5) is 0 Å². The van der Waals surface area contributed by atoms with Crippen molar-refractivity contribution >= 4 is 0 Å². The van der Waals surface area contributed by atoms with Crippen molar-refractivity contribution in [3.05, 3.63) is 30.2 Å². The van der Waals surface area contributed by atoms with Crippen LogP contribution in [-0.2, 0) is 6.42 Å². The monoisotopic (exact) mass is 274 g/mol. The second kappa shape index (κ2) is 5.25. The average Bonchev–Trinajstić information content (AvgIpc) is 3.09. The molecule has 1 aromatic heterocycles. The molecule has 2 aromatic rings. The molecule has 106 valence electrons. The summed E-state index contributed by atoms with van der Waals surface area (Å²) < 4.78 is 10.4. The first-order valence-corrected chi connectivity index (χ1v) is 6.88. The largest absolute Gasteiger partial charge is 0.497 e. The standard InChI is InChI=1S/C15H18N2O3/c1-19-12-6-4-11(5-7-12)14-16-13(20-17-14)10-15(18)8-2-3-9-15/h4-7,18H,2-3,8-10H2,1H3. The minimum Gasteiger partial charge on any atom is -0.497 e. The van der Waals surface area contributed by atoms with Gasteiger partial charge in [0, 0.05) is 5.56 Å². The number of aliphatic hydroxyl groups is 1. The third-order valence-corrected chi connectivity index (χ3v) is 3.83. The Morgan fingerprint density at radius 2 is 1.95 bits per heavy atom. The molecule has 0 radical (unpaired) electrons. The van der Waals surface area contributed by atoms with E-state index < -0.39 is 5.60 Å². The van der Waals surface area contributed by atoms with Gasteiger partial charge in [-0.2, -0.15) is 4.98 Å². The predicted octanol–water partition coefficient (Wildman–Crippen LogP) is 2.59. The zero-order chi connectivity index (χ0) is 14.0. The van der Waals surface area contributed by atoms with Crippen molar-refractivity contribution in [2.24, 2.45) is 0 Å². The molecule has 0 atom stereocenters. The first-order chi connectivity index (χ1) is 9.68. The van der Waals surface area contributed by atoms with Crippen LogP contribution < -0.4 is 4.74 Å². The van der Waals surface area contributed by atoms with Crippen LogP contribution in [0.15, 0.2) is 28.8 Å². The van der Waals surface area contributed by atoms with Gasteiger partial charge in [0.25, 0.3) is 0 Å². The number of aromatic nitrogens is 2. The van der Waals surface area contributed by atoms with E-state index in [2.05, 4.69) is 10.1 Å². The van der Waals surface area contributed by atoms with E-state index in [4.69, 9.17) is 9.26 Å². The second-order valence-electron chi connectivity index (χ2n) is 5.35. The van der Waals surface area contributed by atoms with Crippen molar-refractivity contribution in [3.8, 4) is 17.1 Å². The lowest BCUT2D eigenvalue weighted by atomic mass is 9.98. The molecular weight excluding hydrogens is 256 g/mol. The van der Waals surface area contributed by atoms with Crippen LogP contribution in [0.2, 0.25) is 0 Å². The fourth-order valence-corrected chi connectivity index (χ4v) is 2.68. The maximum atomic E-state index is 10.3. The highest BCUT2D eigenvalue weighted by molar-refractivity contribution is 5.55. The van der Waals surface area contributed by atoms with Crippen molar-refractivity contribution in [1.29, 1.82) is 0 Å². The molecule has 5 nitrogen and oxygen atoms in total. The molecule has 1 N–H and O–H groups in total. The van der Waals surface area contributed by atoms with Gasteiger partial charge in [0.05, 0.1) is 19.1 Å². The van der Waals surface area contributed by atoms with Crippen LogP contribution in [-0.4, -0.2) is 28.0 Å². The smallest absolute Gasteiger partial charge is 0.229 e. The summed E-state index contributed by atoms with van der Waals surface area (Å²) in [6, 6.07) is 7.49. The molecule has 0 amide bonds. The Morgan fingerprint density at radius 3 is 2.60 bits per heavy atom. The fourth-order valence-electron chi connectivity index (χ4n) is 2.68. The molecule has 5 heteroatoms. The number of hydrogen-bond acceptors (Lipinski definition) is 5. The molecule has 0 unspecified atom stereocenters. The zero-order valence-electron chi connectivity index (χ0n) is 11.5. The predicted molar refractivity (Wildman–Crippen MR) is 73.4 cm³/mol. The molecule has 1 saturated carbocycles. The maximum absolute atomic E-state index is 10.3. The maximum Gasteiger partial charge on any atom is 0.229 e. The van der Waals surface area contributed by atoms with Crippen molar-refractivity contribution in [2.45, 2.75) is 37.7 Å². The number of methoxy groups -OCH3 is 1. The van der Waals surface area contributed by atoms with Gasteiger partial charge in [-0.3, -0.25) is 0 Å². The average molecular weight is 274 g/mol. The Labute approximate surface area is 117 Å². The van der Waals surface area contributed by atoms with E-state index >= 15 is 0 Å². The van der Waals surface area contributed by atoms with E-state index in [1.54, 1.807) is 7.11 Å². The summed E-state index contributed by atoms with van der Waals surface area (Å²) in [5.74, 6) is 1.84. The fraction of sp³-hybridized carbons (Fsp3) is 0.467. The van der Waals surface area contributed by atoms with Gasteiger partial charge in [-0.15, -0.1) is 0 Å². The molecule has 1 fully saturated rings. The van der Waals surface area contributed by atoms with Crippen LogP contribution in [0, 0.1) is 0 Å². The highest BCUT2D eigenvalue weighted by Crippen LogP contribution is 2.32. The van der Waals surface area contributed by atoms with Crippen LogP contribution in [0.3, 0.4) is 0 Å². The minimum atomic E-state index is -0.663. The summed E-state index contributed by atoms with van der Waals surface area (Å²) in [4.78, 5) is 4.37. The second-order valence-corrected chi connectivity index (χ2v) is 5.35. The Balaban J connectivity index is 1.75. The SMILES string of the molecule is COc1ccc(-c2noc(CC3(O)CCCC3)n2)cc1. The topological polar surface area (TPSA) is 68.4 Å². The summed E-state index contributed by atoms with van der Waals surface area (Å²) in [6.07, 6.45) is 4.20. The quantitative estimate of drug-likeness (QED) is 0.928. The molecule has 1 aromatic carbocycles. The first kappa shape index (κ1) is 13.1. The highest BCUT2D eigenvalue weighted by Gasteiger charge is 2.33. The van der Waals surface area contributed by atoms with Gasteiger partial charge in [0.2, 0.25) is 11.7 Å². The number of nitrogens with zero attached hydrogens (tertiary/aromatic N) is 2. The minimum absolute atomic E-state index is 0.441. The number of rotatable bonds is 4.